The molecule has 4 atom stereocenters. The van der Waals surface area contributed by atoms with E-state index in [0.717, 1.165) is 26.3 Å². The van der Waals surface area contributed by atoms with Crippen LogP contribution in [0.15, 0.2) is 29.2 Å². The maximum atomic E-state index is 12.4. The highest BCUT2D eigenvalue weighted by Gasteiger charge is 2.51. The van der Waals surface area contributed by atoms with Crippen molar-refractivity contribution >= 4 is 28.0 Å². The minimum atomic E-state index is -4.13. The molecule has 160 valence electrons. The number of hydrogen-bond acceptors (Lipinski definition) is 10. The Labute approximate surface area is 168 Å². The molecule has 1 aromatic rings. The third-order valence-corrected chi connectivity index (χ3v) is 5.15. The van der Waals surface area contributed by atoms with E-state index in [2.05, 4.69) is 0 Å². The van der Waals surface area contributed by atoms with E-state index in [4.69, 9.17) is 23.1 Å². The molecule has 1 aliphatic heterocycles. The van der Waals surface area contributed by atoms with Gasteiger partial charge in [0.15, 0.2) is 6.10 Å². The number of carbonyl (C=O) groups is 3. The van der Waals surface area contributed by atoms with Crippen LogP contribution < -0.4 is 0 Å². The van der Waals surface area contributed by atoms with E-state index in [0.29, 0.717) is 0 Å². The highest BCUT2D eigenvalue weighted by Crippen LogP contribution is 2.29. The molecule has 11 heteroatoms. The molecule has 0 N–H and O–H groups in total. The van der Waals surface area contributed by atoms with Gasteiger partial charge in [-0.25, -0.2) is 0 Å². The Balaban J connectivity index is 2.21. The van der Waals surface area contributed by atoms with E-state index in [-0.39, 0.29) is 4.90 Å². The summed E-state index contributed by atoms with van der Waals surface area (Å²) in [7, 11) is -4.13. The van der Waals surface area contributed by atoms with Crippen LogP contribution in [0, 0.1) is 6.92 Å². The summed E-state index contributed by atoms with van der Waals surface area (Å²) in [5, 5.41) is 0. The molecule has 1 saturated heterocycles. The van der Waals surface area contributed by atoms with Crippen LogP contribution in [0.3, 0.4) is 0 Å². The van der Waals surface area contributed by atoms with E-state index < -0.39 is 59.2 Å². The average Bonchev–Trinajstić information content (AvgIpc) is 2.89. The predicted octanol–water partition coefficient (Wildman–Crippen LogP) is 0.852. The molecule has 2 rings (SSSR count). The third kappa shape index (κ3) is 6.24. The van der Waals surface area contributed by atoms with Crippen LogP contribution in [0.1, 0.15) is 26.3 Å². The van der Waals surface area contributed by atoms with Crippen molar-refractivity contribution in [1.82, 2.24) is 0 Å². The highest BCUT2D eigenvalue weighted by molar-refractivity contribution is 7.86. The van der Waals surface area contributed by atoms with Crippen molar-refractivity contribution in [2.75, 3.05) is 6.61 Å². The number of aryl methyl sites for hydroxylation is 1. The molecule has 0 aliphatic carbocycles. The Morgan fingerprint density at radius 3 is 1.93 bits per heavy atom. The van der Waals surface area contributed by atoms with Crippen molar-refractivity contribution in [3.63, 3.8) is 0 Å². The number of carbonyl (C=O) groups excluding carboxylic acids is 3. The lowest BCUT2D eigenvalue weighted by atomic mass is 10.1. The number of hydrogen-bond donors (Lipinski definition) is 0. The van der Waals surface area contributed by atoms with Gasteiger partial charge in [-0.3, -0.25) is 18.6 Å². The zero-order chi connectivity index (χ0) is 21.8. The van der Waals surface area contributed by atoms with Crippen LogP contribution in [-0.2, 0) is 47.6 Å². The molecule has 1 aliphatic rings. The topological polar surface area (TPSA) is 132 Å². The highest BCUT2D eigenvalue weighted by atomic mass is 32.2. The quantitative estimate of drug-likeness (QED) is 0.348. The molecule has 0 amide bonds. The summed E-state index contributed by atoms with van der Waals surface area (Å²) >= 11 is 0. The Morgan fingerprint density at radius 1 is 0.897 bits per heavy atom. The Hall–Kier alpha value is -2.50. The maximum absolute atomic E-state index is 12.4. The normalized spacial score (nSPS) is 24.0. The minimum absolute atomic E-state index is 0.0711. The van der Waals surface area contributed by atoms with Gasteiger partial charge in [0, 0.05) is 20.8 Å². The first kappa shape index (κ1) is 22.8. The van der Waals surface area contributed by atoms with Crippen LogP contribution in [0.5, 0.6) is 0 Å². The van der Waals surface area contributed by atoms with Gasteiger partial charge in [0.25, 0.3) is 10.1 Å². The summed E-state index contributed by atoms with van der Waals surface area (Å²) in [5.74, 6) is -2.20. The van der Waals surface area contributed by atoms with Gasteiger partial charge in [0.2, 0.25) is 12.4 Å². The average molecular weight is 430 g/mol. The van der Waals surface area contributed by atoms with Gasteiger partial charge >= 0.3 is 17.9 Å². The van der Waals surface area contributed by atoms with Gasteiger partial charge in [0.05, 0.1) is 11.5 Å². The van der Waals surface area contributed by atoms with Crippen LogP contribution >= 0.6 is 0 Å². The molecule has 10 nitrogen and oxygen atoms in total. The van der Waals surface area contributed by atoms with Crippen molar-refractivity contribution in [3.8, 4) is 0 Å². The van der Waals surface area contributed by atoms with Crippen molar-refractivity contribution < 1.29 is 45.9 Å². The second-order valence-corrected chi connectivity index (χ2v) is 7.97. The summed E-state index contributed by atoms with van der Waals surface area (Å²) in [6.07, 6.45) is -5.09. The van der Waals surface area contributed by atoms with Gasteiger partial charge < -0.3 is 18.9 Å². The second-order valence-electron chi connectivity index (χ2n) is 6.35. The minimum Gasteiger partial charge on any atom is -0.455 e. The molecule has 1 unspecified atom stereocenters. The van der Waals surface area contributed by atoms with Gasteiger partial charge in [-0.05, 0) is 19.1 Å². The van der Waals surface area contributed by atoms with E-state index in [1.54, 1.807) is 19.1 Å². The zero-order valence-corrected chi connectivity index (χ0v) is 17.1. The molecule has 1 fully saturated rings. The molecule has 1 heterocycles. The van der Waals surface area contributed by atoms with Crippen LogP contribution in [-0.4, -0.2) is 57.5 Å². The molecule has 0 saturated carbocycles. The summed E-state index contributed by atoms with van der Waals surface area (Å²) in [6.45, 7) is 4.58. The van der Waals surface area contributed by atoms with Gasteiger partial charge in [-0.1, -0.05) is 17.7 Å². The fraction of sp³-hybridized carbons (Fsp3) is 0.500. The van der Waals surface area contributed by atoms with Gasteiger partial charge in [-0.2, -0.15) is 8.42 Å². The van der Waals surface area contributed by atoms with Crippen LogP contribution in [0.2, 0.25) is 0 Å². The monoisotopic (exact) mass is 430 g/mol. The summed E-state index contributed by atoms with van der Waals surface area (Å²) in [4.78, 5) is 34.1. The first-order valence-corrected chi connectivity index (χ1v) is 10.0. The lowest BCUT2D eigenvalue weighted by Gasteiger charge is -2.22. The Kier molecular flexibility index (Phi) is 7.33. The van der Waals surface area contributed by atoms with Crippen LogP contribution in [0.25, 0.3) is 0 Å². The standard InChI is InChI=1S/C18H22O10S/c1-10-5-7-14(8-6-10)29(22,23)24-9-15-16(25-11(2)19)17(26-12(3)20)18(28-15)27-13(4)21/h5-8,15-18H,9H2,1-4H3/t15-,16+,17-,18?/m1/s1. The molecule has 29 heavy (non-hydrogen) atoms. The van der Waals surface area contributed by atoms with E-state index in [1.807, 2.05) is 0 Å². The summed E-state index contributed by atoms with van der Waals surface area (Å²) < 4.78 is 50.4. The fourth-order valence-corrected chi connectivity index (χ4v) is 3.58. The van der Waals surface area contributed by atoms with Crippen molar-refractivity contribution in [2.45, 2.75) is 57.2 Å². The van der Waals surface area contributed by atoms with E-state index in [9.17, 15) is 22.8 Å². The smallest absolute Gasteiger partial charge is 0.305 e. The summed E-state index contributed by atoms with van der Waals surface area (Å²) in [6, 6.07) is 5.98. The third-order valence-electron chi connectivity index (χ3n) is 3.85. The molecule has 1 aromatic carbocycles. The lowest BCUT2D eigenvalue weighted by molar-refractivity contribution is -0.196. The number of esters is 3. The van der Waals surface area contributed by atoms with Crippen molar-refractivity contribution in [2.24, 2.45) is 0 Å². The molecule has 0 radical (unpaired) electrons. The van der Waals surface area contributed by atoms with Crippen molar-refractivity contribution in [3.05, 3.63) is 29.8 Å². The molecular formula is C18H22O10S. The van der Waals surface area contributed by atoms with Crippen molar-refractivity contribution in [1.29, 1.82) is 0 Å². The Bertz CT molecular complexity index is 861. The molecule has 0 bridgehead atoms. The predicted molar refractivity (Wildman–Crippen MR) is 95.9 cm³/mol. The molecule has 0 spiro atoms. The molecule has 0 aromatic heterocycles. The number of ether oxygens (including phenoxy) is 4. The van der Waals surface area contributed by atoms with Crippen LogP contribution in [0.4, 0.5) is 0 Å². The van der Waals surface area contributed by atoms with Gasteiger partial charge in [0.1, 0.15) is 6.10 Å². The maximum Gasteiger partial charge on any atom is 0.305 e. The molecular weight excluding hydrogens is 408 g/mol. The van der Waals surface area contributed by atoms with E-state index >= 15 is 0 Å². The Morgan fingerprint density at radius 2 is 1.41 bits per heavy atom. The largest absolute Gasteiger partial charge is 0.455 e. The van der Waals surface area contributed by atoms with E-state index in [1.165, 1.54) is 12.1 Å². The summed E-state index contributed by atoms with van der Waals surface area (Å²) in [5.41, 5.74) is 0.867. The lowest BCUT2D eigenvalue weighted by Crippen LogP contribution is -2.42. The second kappa shape index (κ2) is 9.33. The van der Waals surface area contributed by atoms with Gasteiger partial charge in [-0.15, -0.1) is 0 Å². The first-order chi connectivity index (χ1) is 13.5. The SMILES string of the molecule is CC(=O)OC1O[C@H](COS(=O)(=O)c2ccc(C)cc2)[C@H](OC(C)=O)[C@H]1OC(C)=O. The zero-order valence-electron chi connectivity index (χ0n) is 16.3. The number of rotatable bonds is 7. The first-order valence-electron chi connectivity index (χ1n) is 8.63. The fourth-order valence-electron chi connectivity index (χ4n) is 2.66. The number of benzene rings is 1.